The summed E-state index contributed by atoms with van der Waals surface area (Å²) < 4.78 is 0. The molecule has 0 heterocycles. The maximum Gasteiger partial charge on any atom is 0.0449 e. The zero-order chi connectivity index (χ0) is 11.4. The Morgan fingerprint density at radius 2 is 1.93 bits per heavy atom. The Morgan fingerprint density at radius 1 is 1.27 bits per heavy atom. The van der Waals surface area contributed by atoms with Gasteiger partial charge in [0.25, 0.3) is 0 Å². The first-order valence-electron chi connectivity index (χ1n) is 5.40. The van der Waals surface area contributed by atoms with Crippen LogP contribution in [0.25, 0.3) is 0 Å². The Balaban J connectivity index is 3.04. The van der Waals surface area contributed by atoms with Gasteiger partial charge in [0.1, 0.15) is 0 Å². The standard InChI is InChI=1S/C13H21NO/c1-10-5-6-11(2)12(9-10)13(7-8-15)14(3)4/h5-6,9,13,15H,7-8H2,1-4H3. The third-order valence-corrected chi connectivity index (χ3v) is 2.82. The van der Waals surface area contributed by atoms with Gasteiger partial charge in [0.15, 0.2) is 0 Å². The van der Waals surface area contributed by atoms with Crippen molar-refractivity contribution in [3.05, 3.63) is 34.9 Å². The number of nitrogens with zero attached hydrogens (tertiary/aromatic N) is 1. The predicted molar refractivity (Wildman–Crippen MR) is 64.0 cm³/mol. The van der Waals surface area contributed by atoms with E-state index in [0.29, 0.717) is 6.04 Å². The minimum Gasteiger partial charge on any atom is -0.396 e. The molecule has 1 atom stereocenters. The van der Waals surface area contributed by atoms with Gasteiger partial charge in [-0.05, 0) is 45.5 Å². The van der Waals surface area contributed by atoms with Crippen LogP contribution in [-0.4, -0.2) is 30.7 Å². The molecule has 0 aliphatic rings. The van der Waals surface area contributed by atoms with E-state index in [2.05, 4.69) is 51.0 Å². The summed E-state index contributed by atoms with van der Waals surface area (Å²) in [6, 6.07) is 6.81. The lowest BCUT2D eigenvalue weighted by Gasteiger charge is -2.26. The molecular weight excluding hydrogens is 186 g/mol. The van der Waals surface area contributed by atoms with Crippen molar-refractivity contribution in [2.75, 3.05) is 20.7 Å². The molecule has 84 valence electrons. The van der Waals surface area contributed by atoms with Crippen molar-refractivity contribution >= 4 is 0 Å². The summed E-state index contributed by atoms with van der Waals surface area (Å²) in [5.74, 6) is 0. The first-order chi connectivity index (χ1) is 7.06. The number of benzene rings is 1. The van der Waals surface area contributed by atoms with Crippen molar-refractivity contribution in [2.24, 2.45) is 0 Å². The van der Waals surface area contributed by atoms with E-state index >= 15 is 0 Å². The lowest BCUT2D eigenvalue weighted by molar-refractivity contribution is 0.210. The van der Waals surface area contributed by atoms with Crippen molar-refractivity contribution in [3.8, 4) is 0 Å². The summed E-state index contributed by atoms with van der Waals surface area (Å²) in [6.45, 7) is 4.47. The molecule has 0 radical (unpaired) electrons. The molecule has 1 rings (SSSR count). The number of rotatable bonds is 4. The fraction of sp³-hybridized carbons (Fsp3) is 0.538. The van der Waals surface area contributed by atoms with Crippen LogP contribution in [0, 0.1) is 13.8 Å². The smallest absolute Gasteiger partial charge is 0.0449 e. The van der Waals surface area contributed by atoms with Crippen molar-refractivity contribution in [1.82, 2.24) is 4.90 Å². The van der Waals surface area contributed by atoms with Crippen molar-refractivity contribution < 1.29 is 5.11 Å². The van der Waals surface area contributed by atoms with E-state index in [0.717, 1.165) is 6.42 Å². The number of aryl methyl sites for hydroxylation is 2. The third-order valence-electron chi connectivity index (χ3n) is 2.82. The molecule has 0 spiro atoms. The second-order valence-corrected chi connectivity index (χ2v) is 4.35. The van der Waals surface area contributed by atoms with Crippen LogP contribution < -0.4 is 0 Å². The molecule has 1 aromatic carbocycles. The Labute approximate surface area is 92.5 Å². The second kappa shape index (κ2) is 5.29. The third kappa shape index (κ3) is 3.05. The molecule has 0 amide bonds. The van der Waals surface area contributed by atoms with Crippen LogP contribution in [0.2, 0.25) is 0 Å². The van der Waals surface area contributed by atoms with Crippen molar-refractivity contribution in [2.45, 2.75) is 26.3 Å². The van der Waals surface area contributed by atoms with Crippen LogP contribution in [0.3, 0.4) is 0 Å². The Kier molecular flexibility index (Phi) is 4.30. The minimum absolute atomic E-state index is 0.232. The highest BCUT2D eigenvalue weighted by Gasteiger charge is 2.15. The SMILES string of the molecule is Cc1ccc(C)c(C(CCO)N(C)C)c1. The van der Waals surface area contributed by atoms with E-state index in [1.54, 1.807) is 0 Å². The van der Waals surface area contributed by atoms with E-state index in [-0.39, 0.29) is 6.61 Å². The van der Waals surface area contributed by atoms with Crippen LogP contribution >= 0.6 is 0 Å². The molecule has 0 bridgehead atoms. The van der Waals surface area contributed by atoms with Gasteiger partial charge >= 0.3 is 0 Å². The van der Waals surface area contributed by atoms with E-state index < -0.39 is 0 Å². The van der Waals surface area contributed by atoms with Gasteiger partial charge in [0, 0.05) is 12.6 Å². The van der Waals surface area contributed by atoms with Crippen LogP contribution in [-0.2, 0) is 0 Å². The summed E-state index contributed by atoms with van der Waals surface area (Å²) in [7, 11) is 4.12. The molecular formula is C13H21NO. The van der Waals surface area contributed by atoms with Crippen LogP contribution in [0.5, 0.6) is 0 Å². The van der Waals surface area contributed by atoms with E-state index in [1.165, 1.54) is 16.7 Å². The molecule has 1 aromatic rings. The Hall–Kier alpha value is -0.860. The van der Waals surface area contributed by atoms with E-state index in [4.69, 9.17) is 5.11 Å². The quantitative estimate of drug-likeness (QED) is 0.819. The second-order valence-electron chi connectivity index (χ2n) is 4.35. The molecule has 1 N–H and O–H groups in total. The molecule has 1 unspecified atom stereocenters. The average Bonchev–Trinajstić information content (AvgIpc) is 2.18. The summed E-state index contributed by atoms with van der Waals surface area (Å²) in [6.07, 6.45) is 0.789. The summed E-state index contributed by atoms with van der Waals surface area (Å²) in [5, 5.41) is 9.08. The van der Waals surface area contributed by atoms with Gasteiger partial charge < -0.3 is 10.0 Å². The van der Waals surface area contributed by atoms with E-state index in [9.17, 15) is 0 Å². The topological polar surface area (TPSA) is 23.5 Å². The van der Waals surface area contributed by atoms with Crippen molar-refractivity contribution in [3.63, 3.8) is 0 Å². The molecule has 2 nitrogen and oxygen atoms in total. The Morgan fingerprint density at radius 3 is 2.47 bits per heavy atom. The molecule has 0 aromatic heterocycles. The molecule has 0 saturated heterocycles. The molecule has 15 heavy (non-hydrogen) atoms. The highest BCUT2D eigenvalue weighted by Crippen LogP contribution is 2.25. The fourth-order valence-corrected chi connectivity index (χ4v) is 1.93. The lowest BCUT2D eigenvalue weighted by Crippen LogP contribution is -2.22. The van der Waals surface area contributed by atoms with Gasteiger partial charge in [-0.25, -0.2) is 0 Å². The summed E-state index contributed by atoms with van der Waals surface area (Å²) in [4.78, 5) is 2.16. The van der Waals surface area contributed by atoms with Crippen molar-refractivity contribution in [1.29, 1.82) is 0 Å². The maximum absolute atomic E-state index is 9.08. The molecule has 0 aliphatic heterocycles. The largest absolute Gasteiger partial charge is 0.396 e. The van der Waals surface area contributed by atoms with Gasteiger partial charge in [0.05, 0.1) is 0 Å². The predicted octanol–water partition coefficient (Wildman–Crippen LogP) is 2.29. The highest BCUT2D eigenvalue weighted by atomic mass is 16.3. The van der Waals surface area contributed by atoms with Gasteiger partial charge in [-0.3, -0.25) is 0 Å². The monoisotopic (exact) mass is 207 g/mol. The van der Waals surface area contributed by atoms with E-state index in [1.807, 2.05) is 0 Å². The van der Waals surface area contributed by atoms with Gasteiger partial charge in [0.2, 0.25) is 0 Å². The molecule has 0 saturated carbocycles. The first-order valence-corrected chi connectivity index (χ1v) is 5.40. The average molecular weight is 207 g/mol. The van der Waals surface area contributed by atoms with Gasteiger partial charge in [-0.2, -0.15) is 0 Å². The maximum atomic E-state index is 9.08. The number of aliphatic hydroxyl groups excluding tert-OH is 1. The van der Waals surface area contributed by atoms with Gasteiger partial charge in [-0.15, -0.1) is 0 Å². The first kappa shape index (κ1) is 12.2. The molecule has 0 fully saturated rings. The number of hydrogen-bond donors (Lipinski definition) is 1. The Bertz CT molecular complexity index is 320. The minimum atomic E-state index is 0.232. The van der Waals surface area contributed by atoms with Crippen LogP contribution in [0.4, 0.5) is 0 Å². The number of aliphatic hydroxyl groups is 1. The number of hydrogen-bond acceptors (Lipinski definition) is 2. The zero-order valence-corrected chi connectivity index (χ0v) is 10.1. The lowest BCUT2D eigenvalue weighted by atomic mass is 9.96. The fourth-order valence-electron chi connectivity index (χ4n) is 1.93. The molecule has 2 heteroatoms. The normalized spacial score (nSPS) is 13.2. The summed E-state index contributed by atoms with van der Waals surface area (Å²) >= 11 is 0. The highest BCUT2D eigenvalue weighted by molar-refractivity contribution is 5.33. The summed E-state index contributed by atoms with van der Waals surface area (Å²) in [5.41, 5.74) is 3.90. The van der Waals surface area contributed by atoms with Gasteiger partial charge in [-0.1, -0.05) is 23.8 Å². The van der Waals surface area contributed by atoms with Crippen LogP contribution in [0.15, 0.2) is 18.2 Å². The van der Waals surface area contributed by atoms with Crippen LogP contribution in [0.1, 0.15) is 29.2 Å². The zero-order valence-electron chi connectivity index (χ0n) is 10.1. The molecule has 0 aliphatic carbocycles.